The molecule has 0 fully saturated rings. The number of hydrogen-bond acceptors (Lipinski definition) is 4. The van der Waals surface area contributed by atoms with E-state index < -0.39 is 22.0 Å². The first kappa shape index (κ1) is 17.6. The van der Waals surface area contributed by atoms with Crippen molar-refractivity contribution >= 4 is 22.0 Å². The maximum Gasteiger partial charge on any atom is 0.315 e. The number of carbonyl (C=O) groups excluding carboxylic acids is 1. The summed E-state index contributed by atoms with van der Waals surface area (Å²) in [4.78, 5) is 21.7. The van der Waals surface area contributed by atoms with Gasteiger partial charge in [-0.25, -0.2) is 17.9 Å². The number of urea groups is 1. The van der Waals surface area contributed by atoms with Gasteiger partial charge in [-0.15, -0.1) is 0 Å². The van der Waals surface area contributed by atoms with Gasteiger partial charge < -0.3 is 15.7 Å². The van der Waals surface area contributed by atoms with E-state index >= 15 is 0 Å². The predicted molar refractivity (Wildman–Crippen MR) is 70.3 cm³/mol. The Morgan fingerprint density at radius 2 is 1.89 bits per heavy atom. The fourth-order valence-electron chi connectivity index (χ4n) is 1.32. The molecule has 0 heterocycles. The molecular weight excluding hydrogens is 274 g/mol. The summed E-state index contributed by atoms with van der Waals surface area (Å²) >= 11 is 0. The minimum absolute atomic E-state index is 0.0753. The van der Waals surface area contributed by atoms with Crippen molar-refractivity contribution in [2.45, 2.75) is 32.2 Å². The molecule has 112 valence electrons. The molecule has 0 aromatic rings. The minimum atomic E-state index is -3.24. The molecule has 8 nitrogen and oxygen atoms in total. The van der Waals surface area contributed by atoms with Crippen LogP contribution in [0, 0.1) is 0 Å². The lowest BCUT2D eigenvalue weighted by atomic mass is 10.1. The van der Waals surface area contributed by atoms with Crippen molar-refractivity contribution in [3.63, 3.8) is 0 Å². The number of carboxylic acids is 1. The van der Waals surface area contributed by atoms with Gasteiger partial charge >= 0.3 is 12.0 Å². The van der Waals surface area contributed by atoms with Crippen molar-refractivity contribution in [2.24, 2.45) is 0 Å². The Labute approximate surface area is 113 Å². The van der Waals surface area contributed by atoms with Crippen molar-refractivity contribution < 1.29 is 23.1 Å². The van der Waals surface area contributed by atoms with E-state index in [0.29, 0.717) is 12.8 Å². The van der Waals surface area contributed by atoms with E-state index in [1.807, 2.05) is 0 Å². The maximum atomic E-state index is 11.4. The van der Waals surface area contributed by atoms with E-state index in [9.17, 15) is 18.0 Å². The highest BCUT2D eigenvalue weighted by Crippen LogP contribution is 2.00. The molecule has 0 bridgehead atoms. The van der Waals surface area contributed by atoms with E-state index in [0.717, 1.165) is 6.26 Å². The lowest BCUT2D eigenvalue weighted by Crippen LogP contribution is -2.43. The van der Waals surface area contributed by atoms with Crippen molar-refractivity contribution in [3.05, 3.63) is 0 Å². The Morgan fingerprint density at radius 3 is 2.42 bits per heavy atom. The number of carbonyl (C=O) groups is 2. The smallest absolute Gasteiger partial charge is 0.315 e. The highest BCUT2D eigenvalue weighted by Gasteiger charge is 2.07. The molecule has 0 aliphatic heterocycles. The molecule has 2 amide bonds. The van der Waals surface area contributed by atoms with E-state index in [2.05, 4.69) is 15.4 Å². The molecule has 0 aromatic carbocycles. The van der Waals surface area contributed by atoms with E-state index in [1.165, 1.54) is 0 Å². The van der Waals surface area contributed by atoms with Gasteiger partial charge in [0.05, 0.1) is 6.26 Å². The number of hydrogen-bond donors (Lipinski definition) is 4. The van der Waals surface area contributed by atoms with Crippen LogP contribution in [0.15, 0.2) is 0 Å². The average molecular weight is 295 g/mol. The first-order valence-electron chi connectivity index (χ1n) is 5.91. The zero-order valence-corrected chi connectivity index (χ0v) is 11.9. The van der Waals surface area contributed by atoms with Gasteiger partial charge in [0.1, 0.15) is 0 Å². The van der Waals surface area contributed by atoms with Gasteiger partial charge in [-0.05, 0) is 19.8 Å². The molecule has 0 saturated carbocycles. The molecule has 0 radical (unpaired) electrons. The van der Waals surface area contributed by atoms with Crippen molar-refractivity contribution in [3.8, 4) is 0 Å². The van der Waals surface area contributed by atoms with Gasteiger partial charge in [0, 0.05) is 25.6 Å². The fourth-order valence-corrected chi connectivity index (χ4v) is 1.79. The van der Waals surface area contributed by atoms with Crippen LogP contribution in [0.2, 0.25) is 0 Å². The Kier molecular flexibility index (Phi) is 8.08. The van der Waals surface area contributed by atoms with Crippen molar-refractivity contribution in [1.29, 1.82) is 0 Å². The summed E-state index contributed by atoms with van der Waals surface area (Å²) in [6.07, 6.45) is 2.18. The predicted octanol–water partition coefficient (Wildman–Crippen LogP) is -0.522. The Morgan fingerprint density at radius 1 is 1.26 bits per heavy atom. The summed E-state index contributed by atoms with van der Waals surface area (Å²) in [5.41, 5.74) is 0. The van der Waals surface area contributed by atoms with Crippen LogP contribution in [0.1, 0.15) is 26.2 Å². The summed E-state index contributed by atoms with van der Waals surface area (Å²) in [6.45, 7) is 2.08. The normalized spacial score (nSPS) is 12.7. The van der Waals surface area contributed by atoms with Crippen LogP contribution >= 0.6 is 0 Å². The van der Waals surface area contributed by atoms with Crippen LogP contribution < -0.4 is 15.4 Å². The molecule has 1 unspecified atom stereocenters. The third-order valence-corrected chi connectivity index (χ3v) is 2.91. The minimum Gasteiger partial charge on any atom is -0.481 e. The van der Waals surface area contributed by atoms with Crippen molar-refractivity contribution in [2.75, 3.05) is 19.3 Å². The quantitative estimate of drug-likeness (QED) is 0.426. The zero-order valence-electron chi connectivity index (χ0n) is 11.1. The zero-order chi connectivity index (χ0) is 14.9. The summed E-state index contributed by atoms with van der Waals surface area (Å²) in [5, 5.41) is 13.6. The number of aliphatic carboxylic acids is 1. The highest BCUT2D eigenvalue weighted by atomic mass is 32.2. The lowest BCUT2D eigenvalue weighted by molar-refractivity contribution is -0.137. The second kappa shape index (κ2) is 8.70. The van der Waals surface area contributed by atoms with Crippen LogP contribution in [0.25, 0.3) is 0 Å². The molecule has 0 spiro atoms. The lowest BCUT2D eigenvalue weighted by Gasteiger charge is -2.14. The van der Waals surface area contributed by atoms with Gasteiger partial charge in [-0.2, -0.15) is 0 Å². The topological polar surface area (TPSA) is 125 Å². The summed E-state index contributed by atoms with van der Waals surface area (Å²) < 4.78 is 23.7. The number of carboxylic acid groups (broad SMARTS) is 1. The molecular formula is C10H21N3O5S. The van der Waals surface area contributed by atoms with E-state index in [1.54, 1.807) is 6.92 Å². The molecule has 0 rings (SSSR count). The largest absolute Gasteiger partial charge is 0.481 e. The van der Waals surface area contributed by atoms with Crippen molar-refractivity contribution in [1.82, 2.24) is 15.4 Å². The SMILES string of the molecule is CC(CCCC(=O)O)NC(=O)NCCNS(C)(=O)=O. The summed E-state index contributed by atoms with van der Waals surface area (Å²) in [5.74, 6) is -0.858. The Bertz CT molecular complexity index is 396. The second-order valence-electron chi connectivity index (χ2n) is 4.25. The second-order valence-corrected chi connectivity index (χ2v) is 6.09. The third-order valence-electron chi connectivity index (χ3n) is 2.18. The van der Waals surface area contributed by atoms with Gasteiger partial charge in [0.2, 0.25) is 10.0 Å². The Hall–Kier alpha value is -1.35. The molecule has 0 aliphatic rings. The van der Waals surface area contributed by atoms with Crippen LogP contribution in [-0.4, -0.2) is 50.9 Å². The van der Waals surface area contributed by atoms with Gasteiger partial charge in [0.25, 0.3) is 0 Å². The molecule has 1 atom stereocenters. The van der Waals surface area contributed by atoms with E-state index in [4.69, 9.17) is 5.11 Å². The van der Waals surface area contributed by atoms with Gasteiger partial charge in [-0.1, -0.05) is 0 Å². The van der Waals surface area contributed by atoms with E-state index in [-0.39, 0.29) is 25.6 Å². The molecule has 0 aromatic heterocycles. The third kappa shape index (κ3) is 12.9. The van der Waals surface area contributed by atoms with Crippen LogP contribution in [0.4, 0.5) is 4.79 Å². The van der Waals surface area contributed by atoms with Crippen LogP contribution in [0.5, 0.6) is 0 Å². The standard InChI is InChI=1S/C10H21N3O5S/c1-8(4-3-5-9(14)15)13-10(16)11-6-7-12-19(2,17)18/h8,12H,3-7H2,1-2H3,(H,14,15)(H2,11,13,16). The molecule has 9 heteroatoms. The Balaban J connectivity index is 3.65. The van der Waals surface area contributed by atoms with Gasteiger partial charge in [-0.3, -0.25) is 4.79 Å². The number of rotatable bonds is 9. The monoisotopic (exact) mass is 295 g/mol. The first-order valence-corrected chi connectivity index (χ1v) is 7.80. The molecule has 19 heavy (non-hydrogen) atoms. The summed E-state index contributed by atoms with van der Waals surface area (Å²) in [7, 11) is -3.24. The van der Waals surface area contributed by atoms with Crippen LogP contribution in [0.3, 0.4) is 0 Å². The number of sulfonamides is 1. The molecule has 0 aliphatic carbocycles. The molecule has 4 N–H and O–H groups in total. The molecule has 0 saturated heterocycles. The first-order chi connectivity index (χ1) is 8.70. The van der Waals surface area contributed by atoms with Crippen LogP contribution in [-0.2, 0) is 14.8 Å². The van der Waals surface area contributed by atoms with Gasteiger partial charge in [0.15, 0.2) is 0 Å². The highest BCUT2D eigenvalue weighted by molar-refractivity contribution is 7.88. The fraction of sp³-hybridized carbons (Fsp3) is 0.800. The maximum absolute atomic E-state index is 11.4. The number of amides is 2. The average Bonchev–Trinajstić information content (AvgIpc) is 2.22. The summed E-state index contributed by atoms with van der Waals surface area (Å²) in [6, 6.07) is -0.541. The number of nitrogens with one attached hydrogen (secondary N) is 3.